The summed E-state index contributed by atoms with van der Waals surface area (Å²) in [5.74, 6) is 0.709. The van der Waals surface area contributed by atoms with Gasteiger partial charge in [0.05, 0.1) is 0 Å². The summed E-state index contributed by atoms with van der Waals surface area (Å²) in [6.07, 6.45) is -0.222. The minimum absolute atomic E-state index is 0.556. The first-order valence-corrected chi connectivity index (χ1v) is 9.36. The lowest BCUT2D eigenvalue weighted by Crippen LogP contribution is -2.15. The first-order valence-electron chi connectivity index (χ1n) is 9.36. The Morgan fingerprint density at radius 3 is 1.70 bits per heavy atom. The number of hydrogen-bond donors (Lipinski definition) is 1. The van der Waals surface area contributed by atoms with Crippen molar-refractivity contribution in [1.82, 2.24) is 0 Å². The number of ether oxygens (including phenoxy) is 1. The third kappa shape index (κ3) is 4.50. The predicted octanol–water partition coefficient (Wildman–Crippen LogP) is 6.19. The fraction of sp³-hybridized carbons (Fsp3) is 0.250. The SMILES string of the molecule is CCC(O)Oc1ccc(N(c2ccc(C)cc2)c2ccc(C)cc2)cc1C. The van der Waals surface area contributed by atoms with Crippen molar-refractivity contribution in [3.05, 3.63) is 83.4 Å². The highest BCUT2D eigenvalue weighted by Crippen LogP contribution is 2.36. The highest BCUT2D eigenvalue weighted by molar-refractivity contribution is 5.77. The molecule has 0 fully saturated rings. The molecule has 1 N–H and O–H groups in total. The first-order chi connectivity index (χ1) is 13.0. The van der Waals surface area contributed by atoms with E-state index in [4.69, 9.17) is 4.74 Å². The highest BCUT2D eigenvalue weighted by Gasteiger charge is 2.14. The van der Waals surface area contributed by atoms with Crippen molar-refractivity contribution in [2.75, 3.05) is 4.90 Å². The zero-order valence-corrected chi connectivity index (χ0v) is 16.4. The molecule has 3 nitrogen and oxygen atoms in total. The number of rotatable bonds is 6. The van der Waals surface area contributed by atoms with Crippen molar-refractivity contribution in [3.8, 4) is 5.75 Å². The van der Waals surface area contributed by atoms with Gasteiger partial charge in [0.25, 0.3) is 0 Å². The van der Waals surface area contributed by atoms with Crippen molar-refractivity contribution in [1.29, 1.82) is 0 Å². The molecule has 0 saturated carbocycles. The van der Waals surface area contributed by atoms with Gasteiger partial charge in [-0.15, -0.1) is 0 Å². The summed E-state index contributed by atoms with van der Waals surface area (Å²) >= 11 is 0. The number of aliphatic hydroxyl groups excluding tert-OH is 1. The van der Waals surface area contributed by atoms with Gasteiger partial charge in [-0.05, 0) is 68.8 Å². The van der Waals surface area contributed by atoms with Gasteiger partial charge in [0, 0.05) is 23.5 Å². The molecule has 0 spiro atoms. The van der Waals surface area contributed by atoms with Gasteiger partial charge in [-0.25, -0.2) is 0 Å². The van der Waals surface area contributed by atoms with E-state index < -0.39 is 6.29 Å². The molecule has 0 amide bonds. The molecule has 0 bridgehead atoms. The second-order valence-electron chi connectivity index (χ2n) is 6.94. The summed E-state index contributed by atoms with van der Waals surface area (Å²) in [4.78, 5) is 2.23. The minimum Gasteiger partial charge on any atom is -0.465 e. The van der Waals surface area contributed by atoms with Gasteiger partial charge in [0.1, 0.15) is 5.75 Å². The molecule has 3 rings (SSSR count). The number of aryl methyl sites for hydroxylation is 3. The maximum atomic E-state index is 9.79. The zero-order valence-electron chi connectivity index (χ0n) is 16.4. The van der Waals surface area contributed by atoms with E-state index in [9.17, 15) is 5.11 Å². The average molecular weight is 361 g/mol. The molecule has 1 unspecified atom stereocenters. The third-order valence-corrected chi connectivity index (χ3v) is 4.61. The van der Waals surface area contributed by atoms with Crippen molar-refractivity contribution in [3.63, 3.8) is 0 Å². The monoisotopic (exact) mass is 361 g/mol. The molecular weight excluding hydrogens is 334 g/mol. The van der Waals surface area contributed by atoms with Crippen LogP contribution >= 0.6 is 0 Å². The summed E-state index contributed by atoms with van der Waals surface area (Å²) in [6, 6.07) is 23.1. The van der Waals surface area contributed by atoms with E-state index in [2.05, 4.69) is 73.3 Å². The van der Waals surface area contributed by atoms with Crippen LogP contribution in [0.4, 0.5) is 17.1 Å². The lowest BCUT2D eigenvalue weighted by Gasteiger charge is -2.26. The van der Waals surface area contributed by atoms with Gasteiger partial charge in [0.15, 0.2) is 6.29 Å². The molecule has 0 aromatic heterocycles. The number of hydrogen-bond acceptors (Lipinski definition) is 3. The van der Waals surface area contributed by atoms with Crippen molar-refractivity contribution in [2.24, 2.45) is 0 Å². The average Bonchev–Trinajstić information content (AvgIpc) is 2.67. The largest absolute Gasteiger partial charge is 0.465 e. The quantitative estimate of drug-likeness (QED) is 0.531. The smallest absolute Gasteiger partial charge is 0.197 e. The van der Waals surface area contributed by atoms with Crippen LogP contribution < -0.4 is 9.64 Å². The fourth-order valence-corrected chi connectivity index (χ4v) is 2.97. The normalized spacial score (nSPS) is 11.9. The Labute approximate surface area is 161 Å². The summed E-state index contributed by atoms with van der Waals surface area (Å²) in [7, 11) is 0. The molecule has 1 atom stereocenters. The van der Waals surface area contributed by atoms with Crippen molar-refractivity contribution < 1.29 is 9.84 Å². The summed E-state index contributed by atoms with van der Waals surface area (Å²) in [5, 5.41) is 9.79. The third-order valence-electron chi connectivity index (χ3n) is 4.61. The molecule has 0 radical (unpaired) electrons. The number of aliphatic hydroxyl groups is 1. The Hall–Kier alpha value is -2.78. The number of anilines is 3. The van der Waals surface area contributed by atoms with Crippen LogP contribution in [-0.2, 0) is 0 Å². The Kier molecular flexibility index (Phi) is 5.82. The standard InChI is InChI=1S/C24H27NO2/c1-5-24(26)27-23-15-14-22(16-19(23)4)25(20-10-6-17(2)7-11-20)21-12-8-18(3)9-13-21/h6-16,24,26H,5H2,1-4H3. The molecule has 140 valence electrons. The molecule has 0 aliphatic rings. The zero-order chi connectivity index (χ0) is 19.4. The highest BCUT2D eigenvalue weighted by atomic mass is 16.6. The number of benzene rings is 3. The van der Waals surface area contributed by atoms with E-state index in [0.29, 0.717) is 12.2 Å². The van der Waals surface area contributed by atoms with E-state index in [-0.39, 0.29) is 0 Å². The van der Waals surface area contributed by atoms with Crippen molar-refractivity contribution >= 4 is 17.1 Å². The summed E-state index contributed by atoms with van der Waals surface area (Å²) in [5.41, 5.74) is 6.71. The van der Waals surface area contributed by atoms with Gasteiger partial charge >= 0.3 is 0 Å². The van der Waals surface area contributed by atoms with Gasteiger partial charge in [0.2, 0.25) is 0 Å². The molecule has 0 aliphatic heterocycles. The molecule has 3 heteroatoms. The topological polar surface area (TPSA) is 32.7 Å². The molecule has 0 aliphatic carbocycles. The summed E-state index contributed by atoms with van der Waals surface area (Å²) < 4.78 is 5.61. The second kappa shape index (κ2) is 8.28. The molecule has 0 saturated heterocycles. The molecule has 27 heavy (non-hydrogen) atoms. The second-order valence-corrected chi connectivity index (χ2v) is 6.94. The maximum absolute atomic E-state index is 9.79. The van der Waals surface area contributed by atoms with E-state index >= 15 is 0 Å². The van der Waals surface area contributed by atoms with Gasteiger partial charge < -0.3 is 14.7 Å². The minimum atomic E-state index is -0.778. The van der Waals surface area contributed by atoms with Crippen molar-refractivity contribution in [2.45, 2.75) is 40.4 Å². The van der Waals surface area contributed by atoms with E-state index in [1.54, 1.807) is 0 Å². The predicted molar refractivity (Wildman–Crippen MR) is 112 cm³/mol. The molecule has 3 aromatic carbocycles. The Bertz CT molecular complexity index is 840. The lowest BCUT2D eigenvalue weighted by atomic mass is 10.1. The first kappa shape index (κ1) is 19.0. The van der Waals surface area contributed by atoms with E-state index in [1.165, 1.54) is 11.1 Å². The number of nitrogens with zero attached hydrogens (tertiary/aromatic N) is 1. The van der Waals surface area contributed by atoms with Crippen LogP contribution in [0.1, 0.15) is 30.0 Å². The maximum Gasteiger partial charge on any atom is 0.197 e. The fourth-order valence-electron chi connectivity index (χ4n) is 2.97. The summed E-state index contributed by atoms with van der Waals surface area (Å²) in [6.45, 7) is 8.08. The van der Waals surface area contributed by atoms with Crippen LogP contribution in [0.5, 0.6) is 5.75 Å². The van der Waals surface area contributed by atoms with Gasteiger partial charge in [-0.1, -0.05) is 42.3 Å². The lowest BCUT2D eigenvalue weighted by molar-refractivity contribution is -0.0195. The molecule has 0 heterocycles. The van der Waals surface area contributed by atoms with Crippen LogP contribution in [0.15, 0.2) is 66.7 Å². The van der Waals surface area contributed by atoms with Crippen LogP contribution in [0.25, 0.3) is 0 Å². The van der Waals surface area contributed by atoms with Crippen LogP contribution in [0.3, 0.4) is 0 Å². The van der Waals surface area contributed by atoms with E-state index in [0.717, 1.165) is 22.6 Å². The van der Waals surface area contributed by atoms with Gasteiger partial charge in [-0.2, -0.15) is 0 Å². The van der Waals surface area contributed by atoms with Gasteiger partial charge in [-0.3, -0.25) is 0 Å². The molecular formula is C24H27NO2. The van der Waals surface area contributed by atoms with E-state index in [1.807, 2.05) is 26.0 Å². The Morgan fingerprint density at radius 2 is 1.26 bits per heavy atom. The van der Waals surface area contributed by atoms with Crippen LogP contribution in [-0.4, -0.2) is 11.4 Å². The van der Waals surface area contributed by atoms with Crippen LogP contribution in [0, 0.1) is 20.8 Å². The Balaban J connectivity index is 2.03. The molecule has 3 aromatic rings. The Morgan fingerprint density at radius 1 is 0.778 bits per heavy atom. The van der Waals surface area contributed by atoms with Crippen LogP contribution in [0.2, 0.25) is 0 Å².